The normalized spacial score (nSPS) is 10.6. The number of Topliss-reactive ketones (excluding diaryl/α,β-unsaturated/α-hetero) is 2. The molecule has 1 heterocycles. The molecule has 0 radical (unpaired) electrons. The second kappa shape index (κ2) is 9.44. The van der Waals surface area contributed by atoms with Gasteiger partial charge in [-0.25, -0.2) is 4.98 Å². The van der Waals surface area contributed by atoms with Crippen molar-refractivity contribution in [3.05, 3.63) is 105 Å². The van der Waals surface area contributed by atoms with Gasteiger partial charge in [0.15, 0.2) is 5.13 Å². The lowest BCUT2D eigenvalue weighted by atomic mass is 10.0. The summed E-state index contributed by atoms with van der Waals surface area (Å²) in [6.45, 7) is 0. The summed E-state index contributed by atoms with van der Waals surface area (Å²) in [6, 6.07) is 19.3. The quantitative estimate of drug-likeness (QED) is 0.254. The van der Waals surface area contributed by atoms with Crippen LogP contribution in [0, 0.1) is 0 Å². The first-order valence-corrected chi connectivity index (χ1v) is 11.0. The van der Waals surface area contributed by atoms with Crippen molar-refractivity contribution in [1.82, 2.24) is 4.98 Å². The van der Waals surface area contributed by atoms with E-state index in [2.05, 4.69) is 10.3 Å². The summed E-state index contributed by atoms with van der Waals surface area (Å²) in [7, 11) is 0. The van der Waals surface area contributed by atoms with E-state index in [1.807, 2.05) is 0 Å². The van der Waals surface area contributed by atoms with E-state index in [4.69, 9.17) is 23.2 Å². The minimum Gasteiger partial charge on any atom is -0.298 e. The summed E-state index contributed by atoms with van der Waals surface area (Å²) in [5, 5.41) is 5.89. The molecule has 158 valence electrons. The Kier molecular flexibility index (Phi) is 6.46. The third-order valence-corrected chi connectivity index (χ3v) is 5.89. The van der Waals surface area contributed by atoms with Crippen LogP contribution >= 0.6 is 34.5 Å². The van der Waals surface area contributed by atoms with Gasteiger partial charge >= 0.3 is 0 Å². The molecule has 3 aromatic carbocycles. The van der Waals surface area contributed by atoms with Crippen LogP contribution in [-0.4, -0.2) is 22.5 Å². The van der Waals surface area contributed by atoms with Gasteiger partial charge in [0.1, 0.15) is 0 Å². The topological polar surface area (TPSA) is 76.1 Å². The van der Waals surface area contributed by atoms with Crippen molar-refractivity contribution in [3.8, 4) is 11.3 Å². The molecule has 0 aliphatic carbocycles. The van der Waals surface area contributed by atoms with Gasteiger partial charge in [-0.2, -0.15) is 0 Å². The highest BCUT2D eigenvalue weighted by Crippen LogP contribution is 2.32. The number of thiazole rings is 1. The number of halogens is 2. The second-order valence-electron chi connectivity index (χ2n) is 6.72. The Morgan fingerprint density at radius 1 is 0.781 bits per heavy atom. The van der Waals surface area contributed by atoms with Crippen LogP contribution in [0.4, 0.5) is 5.13 Å². The Bertz CT molecular complexity index is 1320. The van der Waals surface area contributed by atoms with E-state index in [0.717, 1.165) is 0 Å². The van der Waals surface area contributed by atoms with Crippen molar-refractivity contribution in [2.24, 2.45) is 0 Å². The fraction of sp³-hybridized carbons (Fsp3) is 0. The summed E-state index contributed by atoms with van der Waals surface area (Å²) in [4.78, 5) is 41.7. The fourth-order valence-corrected chi connectivity index (χ4v) is 4.16. The number of ketones is 2. The van der Waals surface area contributed by atoms with Gasteiger partial charge in [-0.3, -0.25) is 19.7 Å². The first kappa shape index (κ1) is 21.9. The minimum absolute atomic E-state index is 0.212. The van der Waals surface area contributed by atoms with Crippen molar-refractivity contribution >= 4 is 57.1 Å². The highest BCUT2D eigenvalue weighted by atomic mass is 35.5. The number of hydrogen-bond acceptors (Lipinski definition) is 5. The molecular weight excluding hydrogens is 467 g/mol. The molecule has 0 spiro atoms. The van der Waals surface area contributed by atoms with Crippen molar-refractivity contribution in [2.75, 3.05) is 5.32 Å². The summed E-state index contributed by atoms with van der Waals surface area (Å²) in [5.74, 6) is -1.62. The van der Waals surface area contributed by atoms with E-state index < -0.39 is 11.6 Å². The number of carbonyl (C=O) groups is 3. The first-order chi connectivity index (χ1) is 15.4. The zero-order chi connectivity index (χ0) is 22.7. The van der Waals surface area contributed by atoms with Gasteiger partial charge in [0.05, 0.1) is 10.7 Å². The molecule has 0 aliphatic heterocycles. The van der Waals surface area contributed by atoms with Gasteiger partial charge in [0, 0.05) is 32.7 Å². The number of rotatable bonds is 6. The van der Waals surface area contributed by atoms with E-state index in [1.54, 1.807) is 53.9 Å². The first-order valence-electron chi connectivity index (χ1n) is 9.39. The maximum atomic E-state index is 12.6. The fourth-order valence-electron chi connectivity index (χ4n) is 2.95. The minimum atomic E-state index is -0.632. The Morgan fingerprint density at radius 2 is 1.41 bits per heavy atom. The second-order valence-corrected chi connectivity index (χ2v) is 8.42. The summed E-state index contributed by atoms with van der Waals surface area (Å²) in [6.07, 6.45) is 0. The number of nitrogens with one attached hydrogen (secondary N) is 1. The standard InChI is InChI=1S/C24H14Cl2N2O3S/c25-17-10-11-18(19(26)12-17)20-13-32-24(27-20)28-23(31)16-8-6-15(7-9-16)22(30)21(29)14-4-2-1-3-5-14/h1-13H,(H,27,28,31). The van der Waals surface area contributed by atoms with Crippen molar-refractivity contribution in [2.45, 2.75) is 0 Å². The number of aromatic nitrogens is 1. The van der Waals surface area contributed by atoms with Crippen LogP contribution in [0.15, 0.2) is 78.2 Å². The lowest BCUT2D eigenvalue weighted by Crippen LogP contribution is -2.15. The van der Waals surface area contributed by atoms with Crippen LogP contribution in [0.2, 0.25) is 10.0 Å². The van der Waals surface area contributed by atoms with E-state index in [9.17, 15) is 14.4 Å². The van der Waals surface area contributed by atoms with Gasteiger partial charge in [0.2, 0.25) is 11.6 Å². The highest BCUT2D eigenvalue weighted by molar-refractivity contribution is 7.14. The third kappa shape index (κ3) is 4.78. The molecule has 32 heavy (non-hydrogen) atoms. The maximum Gasteiger partial charge on any atom is 0.257 e. The lowest BCUT2D eigenvalue weighted by Gasteiger charge is -2.04. The molecule has 0 fully saturated rings. The van der Waals surface area contributed by atoms with Crippen LogP contribution in [-0.2, 0) is 0 Å². The Labute approximate surface area is 197 Å². The van der Waals surface area contributed by atoms with E-state index in [0.29, 0.717) is 37.6 Å². The van der Waals surface area contributed by atoms with Crippen molar-refractivity contribution in [1.29, 1.82) is 0 Å². The van der Waals surface area contributed by atoms with E-state index in [1.165, 1.54) is 35.6 Å². The molecule has 1 aromatic heterocycles. The zero-order valence-corrected chi connectivity index (χ0v) is 18.7. The molecule has 0 saturated carbocycles. The lowest BCUT2D eigenvalue weighted by molar-refractivity contribution is 0.0817. The van der Waals surface area contributed by atoms with Gasteiger partial charge in [0.25, 0.3) is 5.91 Å². The van der Waals surface area contributed by atoms with Gasteiger partial charge in [-0.15, -0.1) is 11.3 Å². The SMILES string of the molecule is O=C(Nc1nc(-c2ccc(Cl)cc2Cl)cs1)c1ccc(C(=O)C(=O)c2ccccc2)cc1. The molecular formula is C24H14Cl2N2O3S. The van der Waals surface area contributed by atoms with Gasteiger partial charge in [-0.05, 0) is 30.3 Å². The molecule has 0 bridgehead atoms. The molecule has 4 rings (SSSR count). The molecule has 0 atom stereocenters. The Balaban J connectivity index is 1.45. The number of benzene rings is 3. The van der Waals surface area contributed by atoms with Crippen LogP contribution in [0.25, 0.3) is 11.3 Å². The average Bonchev–Trinajstić information content (AvgIpc) is 3.26. The predicted octanol–water partition coefficient (Wildman–Crippen LogP) is 6.43. The maximum absolute atomic E-state index is 12.6. The molecule has 1 N–H and O–H groups in total. The Morgan fingerprint density at radius 3 is 2.06 bits per heavy atom. The summed E-state index contributed by atoms with van der Waals surface area (Å²) < 4.78 is 0. The third-order valence-electron chi connectivity index (χ3n) is 4.58. The molecule has 5 nitrogen and oxygen atoms in total. The molecule has 1 amide bonds. The number of nitrogens with zero attached hydrogens (tertiary/aromatic N) is 1. The van der Waals surface area contributed by atoms with Crippen molar-refractivity contribution in [3.63, 3.8) is 0 Å². The van der Waals surface area contributed by atoms with Gasteiger partial charge < -0.3 is 0 Å². The average molecular weight is 481 g/mol. The summed E-state index contributed by atoms with van der Waals surface area (Å²) in [5.41, 5.74) is 2.19. The van der Waals surface area contributed by atoms with E-state index >= 15 is 0 Å². The van der Waals surface area contributed by atoms with Gasteiger partial charge in [-0.1, -0.05) is 65.7 Å². The van der Waals surface area contributed by atoms with Crippen LogP contribution < -0.4 is 5.32 Å². The predicted molar refractivity (Wildman–Crippen MR) is 127 cm³/mol. The molecule has 0 aliphatic rings. The van der Waals surface area contributed by atoms with Crippen molar-refractivity contribution < 1.29 is 14.4 Å². The molecule has 4 aromatic rings. The van der Waals surface area contributed by atoms with E-state index in [-0.39, 0.29) is 11.5 Å². The molecule has 8 heteroatoms. The highest BCUT2D eigenvalue weighted by Gasteiger charge is 2.19. The Hall–Kier alpha value is -3.32. The van der Waals surface area contributed by atoms with Crippen LogP contribution in [0.3, 0.4) is 0 Å². The van der Waals surface area contributed by atoms with Crippen LogP contribution in [0.5, 0.6) is 0 Å². The molecule has 0 saturated heterocycles. The number of amides is 1. The number of carbonyl (C=O) groups excluding carboxylic acids is 3. The summed E-state index contributed by atoms with van der Waals surface area (Å²) >= 11 is 13.4. The smallest absolute Gasteiger partial charge is 0.257 e. The number of hydrogen-bond donors (Lipinski definition) is 1. The zero-order valence-electron chi connectivity index (χ0n) is 16.3. The number of anilines is 1. The van der Waals surface area contributed by atoms with Crippen LogP contribution in [0.1, 0.15) is 31.1 Å². The molecule has 0 unspecified atom stereocenters. The largest absolute Gasteiger partial charge is 0.298 e. The monoisotopic (exact) mass is 480 g/mol.